The van der Waals surface area contributed by atoms with Gasteiger partial charge in [-0.15, -0.1) is 0 Å². The zero-order chi connectivity index (χ0) is 17.5. The maximum Gasteiger partial charge on any atom is 0.191 e. The smallest absolute Gasteiger partial charge is 0.191 e. The van der Waals surface area contributed by atoms with Gasteiger partial charge in [0.05, 0.1) is 0 Å². The number of hydrogen-bond donors (Lipinski definition) is 2. The SMILES string of the molecule is CN=C(NCC(C)c1ccccc1)NC1CCN(c2ccccc2)C1. The number of anilines is 1. The van der Waals surface area contributed by atoms with Gasteiger partial charge < -0.3 is 15.5 Å². The Hall–Kier alpha value is -2.49. The number of nitrogens with zero attached hydrogens (tertiary/aromatic N) is 2. The zero-order valence-electron chi connectivity index (χ0n) is 15.2. The second-order valence-electron chi connectivity index (χ2n) is 6.68. The Bertz CT molecular complexity index is 669. The van der Waals surface area contributed by atoms with Crippen molar-refractivity contribution < 1.29 is 0 Å². The Morgan fingerprint density at radius 2 is 1.80 bits per heavy atom. The van der Waals surface area contributed by atoms with Crippen LogP contribution in [0.15, 0.2) is 65.7 Å². The lowest BCUT2D eigenvalue weighted by Crippen LogP contribution is -2.45. The van der Waals surface area contributed by atoms with Crippen molar-refractivity contribution in [3.05, 3.63) is 66.2 Å². The summed E-state index contributed by atoms with van der Waals surface area (Å²) < 4.78 is 0. The summed E-state index contributed by atoms with van der Waals surface area (Å²) in [6.07, 6.45) is 1.13. The number of guanidine groups is 1. The highest BCUT2D eigenvalue weighted by molar-refractivity contribution is 5.80. The van der Waals surface area contributed by atoms with E-state index in [0.29, 0.717) is 12.0 Å². The monoisotopic (exact) mass is 336 g/mol. The van der Waals surface area contributed by atoms with Crippen LogP contribution in [0.2, 0.25) is 0 Å². The predicted octanol–water partition coefficient (Wildman–Crippen LogP) is 3.23. The van der Waals surface area contributed by atoms with Crippen molar-refractivity contribution in [1.29, 1.82) is 0 Å². The number of benzene rings is 2. The fraction of sp³-hybridized carbons (Fsp3) is 0.381. The Kier molecular flexibility index (Phi) is 5.94. The summed E-state index contributed by atoms with van der Waals surface area (Å²) in [5.41, 5.74) is 2.65. The molecule has 0 aliphatic carbocycles. The number of aliphatic imine (C=N–C) groups is 1. The van der Waals surface area contributed by atoms with Gasteiger partial charge in [-0.2, -0.15) is 0 Å². The molecule has 0 spiro atoms. The van der Waals surface area contributed by atoms with Crippen LogP contribution < -0.4 is 15.5 Å². The summed E-state index contributed by atoms with van der Waals surface area (Å²) in [6, 6.07) is 21.6. The van der Waals surface area contributed by atoms with Gasteiger partial charge in [0.1, 0.15) is 0 Å². The number of nitrogens with one attached hydrogen (secondary N) is 2. The minimum Gasteiger partial charge on any atom is -0.369 e. The quantitative estimate of drug-likeness (QED) is 0.650. The number of hydrogen-bond acceptors (Lipinski definition) is 2. The van der Waals surface area contributed by atoms with Crippen molar-refractivity contribution in [3.63, 3.8) is 0 Å². The molecule has 0 saturated carbocycles. The molecular formula is C21H28N4. The van der Waals surface area contributed by atoms with Crippen molar-refractivity contribution in [1.82, 2.24) is 10.6 Å². The van der Waals surface area contributed by atoms with Crippen molar-refractivity contribution in [3.8, 4) is 0 Å². The summed E-state index contributed by atoms with van der Waals surface area (Å²) in [5, 5.41) is 7.04. The van der Waals surface area contributed by atoms with Crippen LogP contribution in [0.3, 0.4) is 0 Å². The van der Waals surface area contributed by atoms with E-state index in [-0.39, 0.29) is 0 Å². The normalized spacial score (nSPS) is 18.9. The van der Waals surface area contributed by atoms with Crippen LogP contribution in [0.4, 0.5) is 5.69 Å². The van der Waals surface area contributed by atoms with E-state index >= 15 is 0 Å². The fourth-order valence-electron chi connectivity index (χ4n) is 3.29. The van der Waals surface area contributed by atoms with Gasteiger partial charge in [0.15, 0.2) is 5.96 Å². The molecule has 1 aliphatic heterocycles. The standard InChI is InChI=1S/C21H28N4/c1-17(18-9-5-3-6-10-18)15-23-21(22-2)24-19-13-14-25(16-19)20-11-7-4-8-12-20/h3-12,17,19H,13-16H2,1-2H3,(H2,22,23,24). The van der Waals surface area contributed by atoms with Crippen LogP contribution in [-0.4, -0.2) is 38.7 Å². The van der Waals surface area contributed by atoms with E-state index in [0.717, 1.165) is 32.0 Å². The molecule has 1 aliphatic rings. The van der Waals surface area contributed by atoms with Crippen LogP contribution >= 0.6 is 0 Å². The minimum atomic E-state index is 0.429. The lowest BCUT2D eigenvalue weighted by molar-refractivity contribution is 0.634. The molecule has 1 saturated heterocycles. The Balaban J connectivity index is 1.48. The van der Waals surface area contributed by atoms with Crippen molar-refractivity contribution in [2.75, 3.05) is 31.6 Å². The van der Waals surface area contributed by atoms with Gasteiger partial charge in [-0.25, -0.2) is 0 Å². The highest BCUT2D eigenvalue weighted by Gasteiger charge is 2.23. The molecular weight excluding hydrogens is 308 g/mol. The number of rotatable bonds is 5. The second-order valence-corrected chi connectivity index (χ2v) is 6.68. The molecule has 2 N–H and O–H groups in total. The molecule has 0 aromatic heterocycles. The van der Waals surface area contributed by atoms with Crippen molar-refractivity contribution >= 4 is 11.6 Å². The van der Waals surface area contributed by atoms with Gasteiger partial charge in [0.2, 0.25) is 0 Å². The first-order chi connectivity index (χ1) is 12.3. The summed E-state index contributed by atoms with van der Waals surface area (Å²) >= 11 is 0. The maximum atomic E-state index is 4.39. The van der Waals surface area contributed by atoms with Gasteiger partial charge in [-0.05, 0) is 30.0 Å². The largest absolute Gasteiger partial charge is 0.369 e. The van der Waals surface area contributed by atoms with Crippen LogP contribution in [0.1, 0.15) is 24.8 Å². The van der Waals surface area contributed by atoms with E-state index in [2.05, 4.69) is 88.1 Å². The maximum absolute atomic E-state index is 4.39. The molecule has 4 nitrogen and oxygen atoms in total. The Labute approximate surface area is 151 Å². The van der Waals surface area contributed by atoms with Crippen molar-refractivity contribution in [2.45, 2.75) is 25.3 Å². The molecule has 2 atom stereocenters. The van der Waals surface area contributed by atoms with Gasteiger partial charge in [0, 0.05) is 38.4 Å². The van der Waals surface area contributed by atoms with Crippen LogP contribution in [0.5, 0.6) is 0 Å². The second kappa shape index (κ2) is 8.56. The average Bonchev–Trinajstić information content (AvgIpc) is 3.15. The van der Waals surface area contributed by atoms with E-state index in [1.165, 1.54) is 11.3 Å². The van der Waals surface area contributed by atoms with E-state index in [1.807, 2.05) is 7.05 Å². The summed E-state index contributed by atoms with van der Waals surface area (Å²) in [7, 11) is 1.84. The van der Waals surface area contributed by atoms with Crippen LogP contribution in [0, 0.1) is 0 Å². The molecule has 25 heavy (non-hydrogen) atoms. The minimum absolute atomic E-state index is 0.429. The first-order valence-electron chi connectivity index (χ1n) is 9.08. The first-order valence-corrected chi connectivity index (χ1v) is 9.08. The molecule has 132 valence electrons. The van der Waals surface area contributed by atoms with Gasteiger partial charge in [-0.3, -0.25) is 4.99 Å². The van der Waals surface area contributed by atoms with E-state index in [1.54, 1.807) is 0 Å². The molecule has 0 amide bonds. The molecule has 1 heterocycles. The van der Waals surface area contributed by atoms with Gasteiger partial charge >= 0.3 is 0 Å². The lowest BCUT2D eigenvalue weighted by atomic mass is 10.0. The summed E-state index contributed by atoms with van der Waals surface area (Å²) in [6.45, 7) is 5.21. The Morgan fingerprint density at radius 1 is 1.12 bits per heavy atom. The highest BCUT2D eigenvalue weighted by Crippen LogP contribution is 2.19. The molecule has 4 heteroatoms. The molecule has 1 fully saturated rings. The van der Waals surface area contributed by atoms with E-state index < -0.39 is 0 Å². The molecule has 2 aromatic rings. The Morgan fingerprint density at radius 3 is 2.48 bits per heavy atom. The first kappa shape index (κ1) is 17.3. The lowest BCUT2D eigenvalue weighted by Gasteiger charge is -2.21. The average molecular weight is 336 g/mol. The fourth-order valence-corrected chi connectivity index (χ4v) is 3.29. The zero-order valence-corrected chi connectivity index (χ0v) is 15.2. The van der Waals surface area contributed by atoms with Crippen molar-refractivity contribution in [2.24, 2.45) is 4.99 Å². The molecule has 0 radical (unpaired) electrons. The molecule has 0 bridgehead atoms. The molecule has 2 aromatic carbocycles. The molecule has 2 unspecified atom stereocenters. The van der Waals surface area contributed by atoms with Crippen LogP contribution in [-0.2, 0) is 0 Å². The summed E-state index contributed by atoms with van der Waals surface area (Å²) in [4.78, 5) is 6.82. The van der Waals surface area contributed by atoms with E-state index in [9.17, 15) is 0 Å². The summed E-state index contributed by atoms with van der Waals surface area (Å²) in [5.74, 6) is 1.34. The highest BCUT2D eigenvalue weighted by atomic mass is 15.2. The van der Waals surface area contributed by atoms with E-state index in [4.69, 9.17) is 0 Å². The number of para-hydroxylation sites is 1. The topological polar surface area (TPSA) is 39.7 Å². The predicted molar refractivity (Wildman–Crippen MR) is 106 cm³/mol. The van der Waals surface area contributed by atoms with Gasteiger partial charge in [0.25, 0.3) is 0 Å². The molecule has 3 rings (SSSR count). The third-order valence-electron chi connectivity index (χ3n) is 4.82. The third-order valence-corrected chi connectivity index (χ3v) is 4.82. The van der Waals surface area contributed by atoms with Gasteiger partial charge in [-0.1, -0.05) is 55.5 Å². The third kappa shape index (κ3) is 4.75. The van der Waals surface area contributed by atoms with Crippen LogP contribution in [0.25, 0.3) is 0 Å².